The molecule has 0 aliphatic carbocycles. The number of nitrogens with one attached hydrogen (secondary N) is 1. The molecule has 0 aliphatic rings. The van der Waals surface area contributed by atoms with Gasteiger partial charge in [0.1, 0.15) is 5.75 Å². The lowest BCUT2D eigenvalue weighted by atomic mass is 10.1. The van der Waals surface area contributed by atoms with Gasteiger partial charge in [0, 0.05) is 5.39 Å². The van der Waals surface area contributed by atoms with Gasteiger partial charge in [-0.15, -0.1) is 0 Å². The third-order valence-corrected chi connectivity index (χ3v) is 4.91. The Morgan fingerprint density at radius 1 is 0.853 bits per heavy atom. The Balaban J connectivity index is 1.34. The molecule has 1 amide bonds. The fourth-order valence-electron chi connectivity index (χ4n) is 3.26. The highest BCUT2D eigenvalue weighted by Crippen LogP contribution is 2.28. The first-order valence-electron chi connectivity index (χ1n) is 10.5. The standard InChI is InChI=1S/C27H22N2O5/c1-32-25-16-19(14-15-24(25)34-27(31)21-9-3-2-4-10-21)17-28-29-26(30)18-33-23-13-7-11-20-8-5-6-12-22(20)23/h2-17H,18H2,1H3,(H,29,30)/b28-17+. The average Bonchev–Trinajstić information content (AvgIpc) is 2.88. The number of carbonyl (C=O) groups is 2. The van der Waals surface area contributed by atoms with Crippen molar-refractivity contribution in [2.75, 3.05) is 13.7 Å². The number of hydrogen-bond donors (Lipinski definition) is 1. The maximum atomic E-state index is 12.3. The number of benzene rings is 4. The molecule has 7 heteroatoms. The van der Waals surface area contributed by atoms with Crippen LogP contribution in [0.4, 0.5) is 0 Å². The molecule has 4 rings (SSSR count). The zero-order valence-electron chi connectivity index (χ0n) is 18.4. The summed E-state index contributed by atoms with van der Waals surface area (Å²) in [6, 6.07) is 27.1. The minimum atomic E-state index is -0.487. The molecule has 0 heterocycles. The minimum Gasteiger partial charge on any atom is -0.493 e. The number of carbonyl (C=O) groups excluding carboxylic acids is 2. The summed E-state index contributed by atoms with van der Waals surface area (Å²) in [4.78, 5) is 24.4. The molecule has 7 nitrogen and oxygen atoms in total. The second-order valence-electron chi connectivity index (χ2n) is 7.22. The lowest BCUT2D eigenvalue weighted by Crippen LogP contribution is -2.24. The summed E-state index contributed by atoms with van der Waals surface area (Å²) in [5.74, 6) is 0.380. The first kappa shape index (κ1) is 22.5. The Bertz CT molecular complexity index is 1330. The van der Waals surface area contributed by atoms with Crippen LogP contribution in [0.1, 0.15) is 15.9 Å². The van der Waals surface area contributed by atoms with Crippen LogP contribution in [-0.4, -0.2) is 31.8 Å². The summed E-state index contributed by atoms with van der Waals surface area (Å²) >= 11 is 0. The number of hydrazone groups is 1. The van der Waals surface area contributed by atoms with Gasteiger partial charge in [-0.2, -0.15) is 5.10 Å². The van der Waals surface area contributed by atoms with E-state index >= 15 is 0 Å². The molecule has 0 spiro atoms. The zero-order valence-corrected chi connectivity index (χ0v) is 18.4. The number of nitrogens with zero attached hydrogens (tertiary/aromatic N) is 1. The van der Waals surface area contributed by atoms with E-state index in [0.717, 1.165) is 10.8 Å². The molecule has 34 heavy (non-hydrogen) atoms. The van der Waals surface area contributed by atoms with Gasteiger partial charge in [0.05, 0.1) is 18.9 Å². The number of esters is 1. The van der Waals surface area contributed by atoms with E-state index in [9.17, 15) is 9.59 Å². The summed E-state index contributed by atoms with van der Waals surface area (Å²) in [5, 5.41) is 5.93. The lowest BCUT2D eigenvalue weighted by Gasteiger charge is -2.10. The first-order valence-corrected chi connectivity index (χ1v) is 10.5. The van der Waals surface area contributed by atoms with Crippen molar-refractivity contribution in [2.24, 2.45) is 5.10 Å². The molecular weight excluding hydrogens is 432 g/mol. The van der Waals surface area contributed by atoms with Crippen molar-refractivity contribution in [3.63, 3.8) is 0 Å². The van der Waals surface area contributed by atoms with E-state index in [1.807, 2.05) is 48.5 Å². The van der Waals surface area contributed by atoms with Gasteiger partial charge in [0.15, 0.2) is 18.1 Å². The van der Waals surface area contributed by atoms with Gasteiger partial charge in [-0.25, -0.2) is 10.2 Å². The molecule has 0 aromatic heterocycles. The third-order valence-electron chi connectivity index (χ3n) is 4.91. The van der Waals surface area contributed by atoms with Crippen molar-refractivity contribution in [2.45, 2.75) is 0 Å². The summed E-state index contributed by atoms with van der Waals surface area (Å²) in [5.41, 5.74) is 3.51. The van der Waals surface area contributed by atoms with Crippen molar-refractivity contribution >= 4 is 28.9 Å². The maximum Gasteiger partial charge on any atom is 0.343 e. The predicted octanol–water partition coefficient (Wildman–Crippen LogP) is 4.60. The number of methoxy groups -OCH3 is 1. The van der Waals surface area contributed by atoms with E-state index in [-0.39, 0.29) is 12.4 Å². The van der Waals surface area contributed by atoms with Crippen molar-refractivity contribution < 1.29 is 23.8 Å². The second kappa shape index (κ2) is 10.8. The number of amides is 1. The number of ether oxygens (including phenoxy) is 3. The molecule has 0 saturated heterocycles. The Morgan fingerprint density at radius 3 is 2.44 bits per heavy atom. The number of hydrogen-bond acceptors (Lipinski definition) is 6. The average molecular weight is 454 g/mol. The van der Waals surface area contributed by atoms with Gasteiger partial charge in [0.2, 0.25) is 0 Å². The van der Waals surface area contributed by atoms with Crippen molar-refractivity contribution in [3.8, 4) is 17.2 Å². The van der Waals surface area contributed by atoms with Crippen molar-refractivity contribution in [1.29, 1.82) is 0 Å². The van der Waals surface area contributed by atoms with Gasteiger partial charge in [-0.05, 0) is 47.3 Å². The molecular formula is C27H22N2O5. The van der Waals surface area contributed by atoms with E-state index in [4.69, 9.17) is 14.2 Å². The fourth-order valence-corrected chi connectivity index (χ4v) is 3.26. The molecule has 0 bridgehead atoms. The SMILES string of the molecule is COc1cc(/C=N/NC(=O)COc2cccc3ccccc23)ccc1OC(=O)c1ccccc1. The van der Waals surface area contributed by atoms with E-state index in [1.54, 1.807) is 42.5 Å². The van der Waals surface area contributed by atoms with Crippen LogP contribution in [0.15, 0.2) is 96.1 Å². The topological polar surface area (TPSA) is 86.2 Å². The molecule has 1 N–H and O–H groups in total. The van der Waals surface area contributed by atoms with Crippen LogP contribution < -0.4 is 19.6 Å². The second-order valence-corrected chi connectivity index (χ2v) is 7.22. The van der Waals surface area contributed by atoms with Gasteiger partial charge in [0.25, 0.3) is 5.91 Å². The summed E-state index contributed by atoms with van der Waals surface area (Å²) in [6.07, 6.45) is 1.46. The Hall–Kier alpha value is -4.65. The smallest absolute Gasteiger partial charge is 0.343 e. The van der Waals surface area contributed by atoms with Crippen molar-refractivity contribution in [1.82, 2.24) is 5.43 Å². The van der Waals surface area contributed by atoms with Crippen LogP contribution >= 0.6 is 0 Å². The Labute approximate surface area is 196 Å². The van der Waals surface area contributed by atoms with Crippen LogP contribution in [0.3, 0.4) is 0 Å². The van der Waals surface area contributed by atoms with E-state index in [1.165, 1.54) is 13.3 Å². The molecule has 0 aliphatic heterocycles. The monoisotopic (exact) mass is 454 g/mol. The first-order chi connectivity index (χ1) is 16.6. The Kier molecular flexibility index (Phi) is 7.15. The van der Waals surface area contributed by atoms with E-state index in [0.29, 0.717) is 22.6 Å². The van der Waals surface area contributed by atoms with Gasteiger partial charge in [-0.3, -0.25) is 4.79 Å². The quantitative estimate of drug-likeness (QED) is 0.182. The van der Waals surface area contributed by atoms with Crippen LogP contribution in [0.2, 0.25) is 0 Å². The van der Waals surface area contributed by atoms with Crippen molar-refractivity contribution in [3.05, 3.63) is 102 Å². The highest BCUT2D eigenvalue weighted by Gasteiger charge is 2.12. The summed E-state index contributed by atoms with van der Waals surface area (Å²) in [7, 11) is 1.47. The fraction of sp³-hybridized carbons (Fsp3) is 0.0741. The molecule has 0 fully saturated rings. The van der Waals surface area contributed by atoms with Crippen LogP contribution in [0.25, 0.3) is 10.8 Å². The van der Waals surface area contributed by atoms with E-state index < -0.39 is 11.9 Å². The zero-order chi connectivity index (χ0) is 23.8. The normalized spacial score (nSPS) is 10.7. The molecule has 0 unspecified atom stereocenters. The maximum absolute atomic E-state index is 12.3. The predicted molar refractivity (Wildman–Crippen MR) is 130 cm³/mol. The molecule has 0 saturated carbocycles. The molecule has 170 valence electrons. The highest BCUT2D eigenvalue weighted by molar-refractivity contribution is 5.92. The lowest BCUT2D eigenvalue weighted by molar-refractivity contribution is -0.123. The van der Waals surface area contributed by atoms with Crippen LogP contribution in [-0.2, 0) is 4.79 Å². The molecule has 4 aromatic rings. The largest absolute Gasteiger partial charge is 0.493 e. The molecule has 0 radical (unpaired) electrons. The summed E-state index contributed by atoms with van der Waals surface area (Å²) < 4.78 is 16.4. The highest BCUT2D eigenvalue weighted by atomic mass is 16.6. The Morgan fingerprint density at radius 2 is 1.62 bits per heavy atom. The number of fused-ring (bicyclic) bond motifs is 1. The van der Waals surface area contributed by atoms with Crippen LogP contribution in [0, 0.1) is 0 Å². The van der Waals surface area contributed by atoms with Crippen LogP contribution in [0.5, 0.6) is 17.2 Å². The molecule has 4 aromatic carbocycles. The van der Waals surface area contributed by atoms with E-state index in [2.05, 4.69) is 10.5 Å². The van der Waals surface area contributed by atoms with Gasteiger partial charge < -0.3 is 14.2 Å². The third kappa shape index (κ3) is 5.58. The van der Waals surface area contributed by atoms with Gasteiger partial charge in [-0.1, -0.05) is 54.6 Å². The number of rotatable bonds is 8. The molecule has 0 atom stereocenters. The van der Waals surface area contributed by atoms with Gasteiger partial charge >= 0.3 is 5.97 Å². The summed E-state index contributed by atoms with van der Waals surface area (Å²) in [6.45, 7) is -0.178. The minimum absolute atomic E-state index is 0.178.